The number of amides is 1. The molecule has 2 aromatic rings. The van der Waals surface area contributed by atoms with Crippen LogP contribution in [0.15, 0.2) is 48.5 Å². The van der Waals surface area contributed by atoms with E-state index in [9.17, 15) is 14.0 Å². The molecule has 1 unspecified atom stereocenters. The SMILES string of the molecule is CCC(CC(=O)Nc1cccc(C(=O)OC)c1)c1ccc(F)cc1. The van der Waals surface area contributed by atoms with Gasteiger partial charge in [0.25, 0.3) is 0 Å². The minimum Gasteiger partial charge on any atom is -0.465 e. The van der Waals surface area contributed by atoms with Crippen LogP contribution in [0.2, 0.25) is 0 Å². The number of nitrogens with one attached hydrogen (secondary N) is 1. The van der Waals surface area contributed by atoms with Gasteiger partial charge in [-0.1, -0.05) is 25.1 Å². The normalized spacial score (nSPS) is 11.6. The lowest BCUT2D eigenvalue weighted by Crippen LogP contribution is -2.16. The maximum absolute atomic E-state index is 13.0. The van der Waals surface area contributed by atoms with Gasteiger partial charge in [-0.15, -0.1) is 0 Å². The van der Waals surface area contributed by atoms with Crippen molar-refractivity contribution in [1.82, 2.24) is 0 Å². The Bertz CT molecular complexity index is 713. The van der Waals surface area contributed by atoms with Crippen molar-refractivity contribution in [3.8, 4) is 0 Å². The molecule has 1 atom stereocenters. The third kappa shape index (κ3) is 4.65. The lowest BCUT2D eigenvalue weighted by Gasteiger charge is -2.15. The van der Waals surface area contributed by atoms with E-state index in [4.69, 9.17) is 0 Å². The minimum absolute atomic E-state index is 0.00869. The summed E-state index contributed by atoms with van der Waals surface area (Å²) in [7, 11) is 1.31. The first-order valence-electron chi connectivity index (χ1n) is 7.77. The van der Waals surface area contributed by atoms with E-state index in [1.165, 1.54) is 19.2 Å². The number of ether oxygens (including phenoxy) is 1. The van der Waals surface area contributed by atoms with Crippen LogP contribution in [0, 0.1) is 5.82 Å². The highest BCUT2D eigenvalue weighted by Crippen LogP contribution is 2.24. The second kappa shape index (κ2) is 8.24. The van der Waals surface area contributed by atoms with E-state index < -0.39 is 5.97 Å². The molecule has 0 aliphatic heterocycles. The zero-order chi connectivity index (χ0) is 17.5. The van der Waals surface area contributed by atoms with E-state index in [1.807, 2.05) is 6.92 Å². The molecule has 0 saturated carbocycles. The van der Waals surface area contributed by atoms with E-state index in [0.717, 1.165) is 12.0 Å². The van der Waals surface area contributed by atoms with Crippen LogP contribution in [-0.4, -0.2) is 19.0 Å². The summed E-state index contributed by atoms with van der Waals surface area (Å²) in [6.07, 6.45) is 1.05. The van der Waals surface area contributed by atoms with Gasteiger partial charge in [-0.3, -0.25) is 4.79 Å². The van der Waals surface area contributed by atoms with E-state index in [2.05, 4.69) is 10.1 Å². The van der Waals surface area contributed by atoms with Crippen molar-refractivity contribution in [1.29, 1.82) is 0 Å². The molecular formula is C19H20FNO3. The summed E-state index contributed by atoms with van der Waals surface area (Å²) >= 11 is 0. The molecule has 0 heterocycles. The predicted molar refractivity (Wildman–Crippen MR) is 90.5 cm³/mol. The Balaban J connectivity index is 2.04. The molecule has 5 heteroatoms. The Morgan fingerprint density at radius 3 is 2.50 bits per heavy atom. The first-order valence-corrected chi connectivity index (χ1v) is 7.77. The molecule has 0 aliphatic rings. The van der Waals surface area contributed by atoms with Gasteiger partial charge in [0.2, 0.25) is 5.91 Å². The maximum atomic E-state index is 13.0. The lowest BCUT2D eigenvalue weighted by molar-refractivity contribution is -0.116. The van der Waals surface area contributed by atoms with Crippen LogP contribution in [0.1, 0.15) is 41.6 Å². The van der Waals surface area contributed by atoms with Crippen LogP contribution in [0.4, 0.5) is 10.1 Å². The van der Waals surface area contributed by atoms with Crippen molar-refractivity contribution in [3.05, 3.63) is 65.5 Å². The highest BCUT2D eigenvalue weighted by molar-refractivity contribution is 5.94. The van der Waals surface area contributed by atoms with Gasteiger partial charge in [-0.2, -0.15) is 0 Å². The average molecular weight is 329 g/mol. The molecule has 24 heavy (non-hydrogen) atoms. The molecule has 126 valence electrons. The fourth-order valence-corrected chi connectivity index (χ4v) is 2.51. The highest BCUT2D eigenvalue weighted by Gasteiger charge is 2.15. The zero-order valence-corrected chi connectivity index (χ0v) is 13.7. The fourth-order valence-electron chi connectivity index (χ4n) is 2.51. The smallest absolute Gasteiger partial charge is 0.337 e. The van der Waals surface area contributed by atoms with Gasteiger partial charge in [-0.05, 0) is 48.2 Å². The summed E-state index contributed by atoms with van der Waals surface area (Å²) in [6, 6.07) is 12.8. The number of hydrogen-bond acceptors (Lipinski definition) is 3. The number of benzene rings is 2. The largest absolute Gasteiger partial charge is 0.465 e. The number of methoxy groups -OCH3 is 1. The van der Waals surface area contributed by atoms with Crippen molar-refractivity contribution >= 4 is 17.6 Å². The number of esters is 1. The molecule has 2 aromatic carbocycles. The van der Waals surface area contributed by atoms with Gasteiger partial charge in [-0.25, -0.2) is 9.18 Å². The summed E-state index contributed by atoms with van der Waals surface area (Å²) in [5.74, 6) is -0.899. The van der Waals surface area contributed by atoms with Crippen LogP contribution >= 0.6 is 0 Å². The van der Waals surface area contributed by atoms with Gasteiger partial charge < -0.3 is 10.1 Å². The zero-order valence-electron chi connectivity index (χ0n) is 13.7. The molecular weight excluding hydrogens is 309 g/mol. The van der Waals surface area contributed by atoms with Gasteiger partial charge in [0.15, 0.2) is 0 Å². The van der Waals surface area contributed by atoms with Gasteiger partial charge in [0, 0.05) is 12.1 Å². The number of carbonyl (C=O) groups is 2. The molecule has 0 aromatic heterocycles. The molecule has 0 radical (unpaired) electrons. The molecule has 0 fully saturated rings. The number of carbonyl (C=O) groups excluding carboxylic acids is 2. The van der Waals surface area contributed by atoms with Gasteiger partial charge in [0.05, 0.1) is 12.7 Å². The van der Waals surface area contributed by atoms with Crippen molar-refractivity contribution in [2.45, 2.75) is 25.7 Å². The molecule has 1 amide bonds. The predicted octanol–water partition coefficient (Wildman–Crippen LogP) is 4.13. The fraction of sp³-hybridized carbons (Fsp3) is 0.263. The third-order valence-electron chi connectivity index (χ3n) is 3.83. The number of hydrogen-bond donors (Lipinski definition) is 1. The molecule has 0 saturated heterocycles. The molecule has 2 rings (SSSR count). The Morgan fingerprint density at radius 2 is 1.88 bits per heavy atom. The van der Waals surface area contributed by atoms with Crippen LogP contribution in [0.25, 0.3) is 0 Å². The first-order chi connectivity index (χ1) is 11.5. The summed E-state index contributed by atoms with van der Waals surface area (Å²) < 4.78 is 17.7. The van der Waals surface area contributed by atoms with Gasteiger partial charge in [0.1, 0.15) is 5.82 Å². The van der Waals surface area contributed by atoms with E-state index in [1.54, 1.807) is 36.4 Å². The Labute approximate surface area is 140 Å². The summed E-state index contributed by atoms with van der Waals surface area (Å²) in [6.45, 7) is 1.99. The highest BCUT2D eigenvalue weighted by atomic mass is 19.1. The lowest BCUT2D eigenvalue weighted by atomic mass is 9.93. The monoisotopic (exact) mass is 329 g/mol. The third-order valence-corrected chi connectivity index (χ3v) is 3.83. The van der Waals surface area contributed by atoms with Crippen LogP contribution in [-0.2, 0) is 9.53 Å². The van der Waals surface area contributed by atoms with Crippen molar-refractivity contribution in [2.75, 3.05) is 12.4 Å². The first kappa shape index (κ1) is 17.7. The molecule has 1 N–H and O–H groups in total. The molecule has 0 aliphatic carbocycles. The molecule has 4 nitrogen and oxygen atoms in total. The number of rotatable bonds is 6. The van der Waals surface area contributed by atoms with Crippen molar-refractivity contribution in [3.63, 3.8) is 0 Å². The quantitative estimate of drug-likeness (QED) is 0.811. The summed E-state index contributed by atoms with van der Waals surface area (Å²) in [5.41, 5.74) is 1.84. The second-order valence-corrected chi connectivity index (χ2v) is 5.48. The maximum Gasteiger partial charge on any atom is 0.337 e. The Morgan fingerprint density at radius 1 is 1.17 bits per heavy atom. The number of anilines is 1. The van der Waals surface area contributed by atoms with Crippen molar-refractivity contribution in [2.24, 2.45) is 0 Å². The Hall–Kier alpha value is -2.69. The topological polar surface area (TPSA) is 55.4 Å². The average Bonchev–Trinajstić information content (AvgIpc) is 2.60. The van der Waals surface area contributed by atoms with E-state index >= 15 is 0 Å². The second-order valence-electron chi connectivity index (χ2n) is 5.48. The van der Waals surface area contributed by atoms with E-state index in [-0.39, 0.29) is 24.1 Å². The van der Waals surface area contributed by atoms with Crippen LogP contribution < -0.4 is 5.32 Å². The van der Waals surface area contributed by atoms with Crippen LogP contribution in [0.5, 0.6) is 0 Å². The molecule has 0 spiro atoms. The van der Waals surface area contributed by atoms with Crippen LogP contribution in [0.3, 0.4) is 0 Å². The summed E-state index contributed by atoms with van der Waals surface area (Å²) in [5, 5.41) is 2.79. The standard InChI is InChI=1S/C19H20FNO3/c1-3-13(14-7-9-16(20)10-8-14)12-18(22)21-17-6-4-5-15(11-17)19(23)24-2/h4-11,13H,3,12H2,1-2H3,(H,21,22). The summed E-state index contributed by atoms with van der Waals surface area (Å²) in [4.78, 5) is 23.8. The number of halogens is 1. The van der Waals surface area contributed by atoms with E-state index in [0.29, 0.717) is 11.3 Å². The minimum atomic E-state index is -0.455. The van der Waals surface area contributed by atoms with Crippen molar-refractivity contribution < 1.29 is 18.7 Å². The van der Waals surface area contributed by atoms with Gasteiger partial charge >= 0.3 is 5.97 Å². The molecule has 0 bridgehead atoms. The Kier molecular flexibility index (Phi) is 6.07.